The number of rotatable bonds is 14. The van der Waals surface area contributed by atoms with Crippen LogP contribution in [-0.4, -0.2) is 51.8 Å². The number of benzene rings is 2. The Morgan fingerprint density at radius 3 is 2.36 bits per heavy atom. The van der Waals surface area contributed by atoms with Gasteiger partial charge in [0.05, 0.1) is 0 Å². The topological polar surface area (TPSA) is 87.7 Å². The van der Waals surface area contributed by atoms with Crippen LogP contribution in [0.25, 0.3) is 0 Å². The van der Waals surface area contributed by atoms with Crippen molar-refractivity contribution in [2.45, 2.75) is 31.6 Å². The van der Waals surface area contributed by atoms with Gasteiger partial charge in [0.1, 0.15) is 24.9 Å². The normalized spacial score (nSPS) is 15.0. The molecule has 0 bridgehead atoms. The van der Waals surface area contributed by atoms with E-state index in [9.17, 15) is 14.4 Å². The molecule has 1 atom stereocenters. The summed E-state index contributed by atoms with van der Waals surface area (Å²) in [5.41, 5.74) is 2.91. The van der Waals surface area contributed by atoms with Crippen LogP contribution in [0.3, 0.4) is 0 Å². The van der Waals surface area contributed by atoms with E-state index in [2.05, 4.69) is 27.7 Å². The van der Waals surface area contributed by atoms with Gasteiger partial charge >= 0.3 is 0 Å². The summed E-state index contributed by atoms with van der Waals surface area (Å²) in [6.45, 7) is 4.41. The molecule has 7 heteroatoms. The van der Waals surface area contributed by atoms with Gasteiger partial charge in [-0.15, -0.1) is 0 Å². The summed E-state index contributed by atoms with van der Waals surface area (Å²) in [7, 11) is 0. The maximum atomic E-state index is 11.3. The van der Waals surface area contributed by atoms with Gasteiger partial charge in [0.2, 0.25) is 6.41 Å². The summed E-state index contributed by atoms with van der Waals surface area (Å²) in [6.07, 6.45) is 5.71. The van der Waals surface area contributed by atoms with Crippen molar-refractivity contribution in [2.75, 3.05) is 43.0 Å². The van der Waals surface area contributed by atoms with E-state index in [0.717, 1.165) is 68.6 Å². The van der Waals surface area contributed by atoms with E-state index in [0.29, 0.717) is 31.8 Å². The smallest absolute Gasteiger partial charge is 0.211 e. The molecule has 0 radical (unpaired) electrons. The number of amides is 1. The first-order valence-electron chi connectivity index (χ1n) is 11.6. The molecule has 1 amide bonds. The monoisotopic (exact) mass is 451 g/mol. The van der Waals surface area contributed by atoms with Crippen molar-refractivity contribution in [1.29, 1.82) is 0 Å². The summed E-state index contributed by atoms with van der Waals surface area (Å²) in [4.78, 5) is 34.7. The minimum Gasteiger partial charge on any atom is -0.492 e. The van der Waals surface area contributed by atoms with E-state index >= 15 is 0 Å². The third-order valence-corrected chi connectivity index (χ3v) is 6.12. The van der Waals surface area contributed by atoms with Crippen molar-refractivity contribution >= 4 is 30.4 Å². The molecule has 2 aromatic rings. The Kier molecular flexibility index (Phi) is 9.91. The van der Waals surface area contributed by atoms with E-state index in [1.807, 2.05) is 36.4 Å². The molecule has 176 valence electrons. The number of hydrogen-bond donors (Lipinski definition) is 2. The zero-order valence-electron chi connectivity index (χ0n) is 18.9. The highest BCUT2D eigenvalue weighted by atomic mass is 16.5. The first-order valence-corrected chi connectivity index (χ1v) is 11.6. The van der Waals surface area contributed by atoms with Crippen LogP contribution < -0.4 is 20.3 Å². The van der Waals surface area contributed by atoms with Crippen LogP contribution in [0.4, 0.5) is 11.4 Å². The number of ether oxygens (including phenoxy) is 1. The number of nitrogens with one attached hydrogen (secondary N) is 2. The lowest BCUT2D eigenvalue weighted by atomic mass is 9.94. The van der Waals surface area contributed by atoms with Gasteiger partial charge < -0.3 is 29.9 Å². The highest BCUT2D eigenvalue weighted by molar-refractivity contribution is 5.71. The predicted octanol–water partition coefficient (Wildman–Crippen LogP) is 3.40. The maximum Gasteiger partial charge on any atom is 0.211 e. The van der Waals surface area contributed by atoms with E-state index in [4.69, 9.17) is 4.74 Å². The lowest BCUT2D eigenvalue weighted by molar-refractivity contribution is -0.110. The number of nitrogens with zero attached hydrogens (tertiary/aromatic N) is 1. The van der Waals surface area contributed by atoms with Crippen molar-refractivity contribution < 1.29 is 19.1 Å². The van der Waals surface area contributed by atoms with Crippen molar-refractivity contribution in [1.82, 2.24) is 5.32 Å². The second-order valence-electron chi connectivity index (χ2n) is 8.35. The van der Waals surface area contributed by atoms with E-state index in [1.165, 1.54) is 5.69 Å². The minimum absolute atomic E-state index is 0.205. The lowest BCUT2D eigenvalue weighted by Gasteiger charge is -2.34. The first-order chi connectivity index (χ1) is 16.2. The molecule has 0 saturated carbocycles. The molecule has 1 saturated heterocycles. The summed E-state index contributed by atoms with van der Waals surface area (Å²) < 4.78 is 5.73. The molecule has 2 N–H and O–H groups in total. The highest BCUT2D eigenvalue weighted by Crippen LogP contribution is 2.26. The Hall–Kier alpha value is -3.19. The second-order valence-corrected chi connectivity index (χ2v) is 8.35. The second kappa shape index (κ2) is 13.4. The number of aldehydes is 2. The number of hydrogen-bond acceptors (Lipinski definition) is 6. The standard InChI is InChI=1S/C26H33N3O4/c30-16-1-2-23(19-31)22-3-7-25(8-4-22)29-14-11-21(12-15-29)18-27-13-17-33-26-9-5-24(6-10-26)28-20-32/h3-10,16,19-21,23,27H,1-2,11-15,17-18H2,(H,28,32). The minimum atomic E-state index is -0.205. The Bertz CT molecular complexity index is 862. The molecular formula is C26H33N3O4. The zero-order chi connectivity index (χ0) is 23.3. The average molecular weight is 452 g/mol. The van der Waals surface area contributed by atoms with Crippen LogP contribution in [0.1, 0.15) is 37.2 Å². The van der Waals surface area contributed by atoms with Gasteiger partial charge in [-0.1, -0.05) is 12.1 Å². The quantitative estimate of drug-likeness (QED) is 0.338. The third-order valence-electron chi connectivity index (χ3n) is 6.12. The molecule has 1 aliphatic rings. The van der Waals surface area contributed by atoms with E-state index < -0.39 is 0 Å². The Morgan fingerprint density at radius 2 is 1.73 bits per heavy atom. The number of carbonyl (C=O) groups excluding carboxylic acids is 3. The molecule has 0 spiro atoms. The van der Waals surface area contributed by atoms with Gasteiger partial charge in [-0.25, -0.2) is 0 Å². The van der Waals surface area contributed by atoms with Crippen LogP contribution in [0.2, 0.25) is 0 Å². The number of anilines is 2. The fourth-order valence-corrected chi connectivity index (χ4v) is 4.15. The average Bonchev–Trinajstić information content (AvgIpc) is 2.86. The summed E-state index contributed by atoms with van der Waals surface area (Å²) in [5, 5.41) is 6.10. The van der Waals surface area contributed by atoms with Gasteiger partial charge in [0.25, 0.3) is 0 Å². The van der Waals surface area contributed by atoms with Crippen LogP contribution in [0.15, 0.2) is 48.5 Å². The number of carbonyl (C=O) groups is 3. The zero-order valence-corrected chi connectivity index (χ0v) is 18.9. The molecule has 0 aromatic heterocycles. The van der Waals surface area contributed by atoms with Gasteiger partial charge in [0, 0.05) is 43.3 Å². The Morgan fingerprint density at radius 1 is 1.00 bits per heavy atom. The van der Waals surface area contributed by atoms with Crippen molar-refractivity contribution in [3.05, 3.63) is 54.1 Å². The van der Waals surface area contributed by atoms with Crippen LogP contribution in [-0.2, 0) is 14.4 Å². The lowest BCUT2D eigenvalue weighted by Crippen LogP contribution is -2.38. The van der Waals surface area contributed by atoms with Gasteiger partial charge in [-0.2, -0.15) is 0 Å². The van der Waals surface area contributed by atoms with Gasteiger partial charge in [-0.05, 0) is 73.7 Å². The predicted molar refractivity (Wildman–Crippen MR) is 130 cm³/mol. The van der Waals surface area contributed by atoms with Gasteiger partial charge in [-0.3, -0.25) is 4.79 Å². The SMILES string of the molecule is O=CCCC(C=O)c1ccc(N2CCC(CNCCOc3ccc(NC=O)cc3)CC2)cc1. The summed E-state index contributed by atoms with van der Waals surface area (Å²) in [6, 6.07) is 15.5. The van der Waals surface area contributed by atoms with Crippen molar-refractivity contribution in [3.8, 4) is 5.75 Å². The van der Waals surface area contributed by atoms with Crippen molar-refractivity contribution in [3.63, 3.8) is 0 Å². The maximum absolute atomic E-state index is 11.3. The third kappa shape index (κ3) is 7.71. The fourth-order valence-electron chi connectivity index (χ4n) is 4.15. The van der Waals surface area contributed by atoms with Crippen molar-refractivity contribution in [2.24, 2.45) is 5.92 Å². The van der Waals surface area contributed by atoms with E-state index in [1.54, 1.807) is 0 Å². The molecule has 33 heavy (non-hydrogen) atoms. The van der Waals surface area contributed by atoms with Crippen LogP contribution in [0, 0.1) is 5.92 Å². The largest absolute Gasteiger partial charge is 0.492 e. The molecule has 2 aromatic carbocycles. The van der Waals surface area contributed by atoms with Gasteiger partial charge in [0.15, 0.2) is 0 Å². The van der Waals surface area contributed by atoms with Crippen LogP contribution >= 0.6 is 0 Å². The number of piperidine rings is 1. The highest BCUT2D eigenvalue weighted by Gasteiger charge is 2.19. The molecular weight excluding hydrogens is 418 g/mol. The molecule has 3 rings (SSSR count). The summed E-state index contributed by atoms with van der Waals surface area (Å²) >= 11 is 0. The molecule has 7 nitrogen and oxygen atoms in total. The molecule has 1 aliphatic heterocycles. The fraction of sp³-hybridized carbons (Fsp3) is 0.423. The summed E-state index contributed by atoms with van der Waals surface area (Å²) in [5.74, 6) is 1.23. The molecule has 0 aliphatic carbocycles. The Balaban J connectivity index is 1.33. The Labute approximate surface area is 195 Å². The first kappa shape index (κ1) is 24.5. The van der Waals surface area contributed by atoms with Crippen LogP contribution in [0.5, 0.6) is 5.75 Å². The molecule has 1 unspecified atom stereocenters. The van der Waals surface area contributed by atoms with E-state index in [-0.39, 0.29) is 5.92 Å². The molecule has 1 fully saturated rings. The molecule has 1 heterocycles.